The highest BCUT2D eigenvalue weighted by Crippen LogP contribution is 2.53. The molecule has 9 rings (SSSR count). The van der Waals surface area contributed by atoms with E-state index >= 15 is 0 Å². The van der Waals surface area contributed by atoms with Gasteiger partial charge in [-0.05, 0) is 84.1 Å². The molecule has 8 aromatic rings. The standard InChI is InChI=1S/C50H42BN5S/c1-7-10-15-31(9-3)47-53-48(55-49(54-47)35(14-8-2)29-51-6)34-16-13-17-36(26-34)56-43-19-12-11-18-37(43)38-27-33(21-25-44(38)56)32-20-22-40-39(28-32)45-41(50(40,4)5)23-24-42-46(45)57-30-52-42/h7-30,51H,1H2,2-6H3/b14-8-,15-10-,31-9+,35-29+. The molecule has 1 aliphatic rings. The predicted molar refractivity (Wildman–Crippen MR) is 245 cm³/mol. The van der Waals surface area contributed by atoms with Gasteiger partial charge >= 0.3 is 0 Å². The van der Waals surface area contributed by atoms with E-state index in [2.05, 4.69) is 146 Å². The Morgan fingerprint density at radius 3 is 2.33 bits per heavy atom. The smallest absolute Gasteiger partial charge is 0.164 e. The molecule has 276 valence electrons. The van der Waals surface area contributed by atoms with E-state index in [0.717, 1.165) is 46.2 Å². The molecule has 0 N–H and O–H groups in total. The maximum atomic E-state index is 5.07. The van der Waals surface area contributed by atoms with E-state index in [4.69, 9.17) is 15.0 Å². The molecule has 0 amide bonds. The topological polar surface area (TPSA) is 56.5 Å². The summed E-state index contributed by atoms with van der Waals surface area (Å²) in [5, 5.41) is 2.41. The van der Waals surface area contributed by atoms with Crippen molar-refractivity contribution in [3.05, 3.63) is 174 Å². The SMILES string of the molecule is C=C/C=C\C(=C/C)c1nc(C(/C=C\C)=C/BC)nc(-c2cccc(-n3c4ccccc4c4cc(-c5ccc6c(c5)-c5c(ccc7ncsc57)C6(C)C)ccc43)c2)n1. The van der Waals surface area contributed by atoms with Crippen LogP contribution in [0.4, 0.5) is 0 Å². The summed E-state index contributed by atoms with van der Waals surface area (Å²) in [4.78, 5) is 19.7. The second-order valence-corrected chi connectivity index (χ2v) is 15.8. The maximum absolute atomic E-state index is 5.07. The molecule has 3 heterocycles. The van der Waals surface area contributed by atoms with Crippen molar-refractivity contribution >= 4 is 61.8 Å². The van der Waals surface area contributed by atoms with Crippen LogP contribution in [-0.4, -0.2) is 31.8 Å². The van der Waals surface area contributed by atoms with E-state index in [9.17, 15) is 0 Å². The first-order valence-electron chi connectivity index (χ1n) is 19.6. The van der Waals surface area contributed by atoms with Gasteiger partial charge in [-0.1, -0.05) is 118 Å². The number of thiazole rings is 1. The number of hydrogen-bond donors (Lipinski definition) is 0. The first-order valence-corrected chi connectivity index (χ1v) is 20.4. The van der Waals surface area contributed by atoms with Crippen molar-refractivity contribution in [2.45, 2.75) is 39.9 Å². The fourth-order valence-corrected chi connectivity index (χ4v) is 9.27. The Labute approximate surface area is 338 Å². The van der Waals surface area contributed by atoms with E-state index in [0.29, 0.717) is 17.5 Å². The third-order valence-electron chi connectivity index (χ3n) is 11.1. The molecule has 0 unspecified atom stereocenters. The van der Waals surface area contributed by atoms with Crippen LogP contribution in [0.2, 0.25) is 6.82 Å². The highest BCUT2D eigenvalue weighted by molar-refractivity contribution is 7.17. The Bertz CT molecular complexity index is 3030. The van der Waals surface area contributed by atoms with Gasteiger partial charge in [0.25, 0.3) is 0 Å². The highest BCUT2D eigenvalue weighted by Gasteiger charge is 2.37. The van der Waals surface area contributed by atoms with Crippen LogP contribution in [0.3, 0.4) is 0 Å². The largest absolute Gasteiger partial charge is 0.309 e. The van der Waals surface area contributed by atoms with Crippen molar-refractivity contribution in [3.8, 4) is 39.3 Å². The summed E-state index contributed by atoms with van der Waals surface area (Å²) in [6.45, 7) is 14.7. The molecule has 7 heteroatoms. The van der Waals surface area contributed by atoms with Crippen LogP contribution in [0, 0.1) is 0 Å². The highest BCUT2D eigenvalue weighted by atomic mass is 32.1. The molecule has 0 saturated carbocycles. The lowest BCUT2D eigenvalue weighted by Gasteiger charge is -2.21. The molecule has 5 nitrogen and oxygen atoms in total. The lowest BCUT2D eigenvalue weighted by atomic mass is 9.80. The van der Waals surface area contributed by atoms with Gasteiger partial charge in [-0.25, -0.2) is 19.9 Å². The van der Waals surface area contributed by atoms with Crippen LogP contribution < -0.4 is 0 Å². The molecule has 0 bridgehead atoms. The lowest BCUT2D eigenvalue weighted by Crippen LogP contribution is -2.14. The predicted octanol–water partition coefficient (Wildman–Crippen LogP) is 12.8. The van der Waals surface area contributed by atoms with Gasteiger partial charge in [-0.2, -0.15) is 0 Å². The zero-order valence-corrected chi connectivity index (χ0v) is 33.7. The number of fused-ring (bicyclic) bond motifs is 8. The fraction of sp³-hybridized carbons (Fsp3) is 0.120. The number of benzene rings is 5. The zero-order valence-electron chi connectivity index (χ0n) is 32.9. The Morgan fingerprint density at radius 2 is 1.53 bits per heavy atom. The van der Waals surface area contributed by atoms with Crippen LogP contribution in [-0.2, 0) is 5.41 Å². The lowest BCUT2D eigenvalue weighted by molar-refractivity contribution is 0.661. The van der Waals surface area contributed by atoms with Gasteiger partial charge < -0.3 is 4.57 Å². The van der Waals surface area contributed by atoms with Crippen LogP contribution in [0.5, 0.6) is 0 Å². The Hall–Kier alpha value is -6.44. The fourth-order valence-electron chi connectivity index (χ4n) is 8.42. The van der Waals surface area contributed by atoms with E-state index in [1.54, 1.807) is 17.4 Å². The average Bonchev–Trinajstić information content (AvgIpc) is 3.92. The normalized spacial score (nSPS) is 14.0. The molecule has 0 atom stereocenters. The van der Waals surface area contributed by atoms with Crippen molar-refractivity contribution in [3.63, 3.8) is 0 Å². The summed E-state index contributed by atoms with van der Waals surface area (Å²) in [7, 11) is 0.864. The van der Waals surface area contributed by atoms with Crippen molar-refractivity contribution in [1.29, 1.82) is 0 Å². The number of hydrogen-bond acceptors (Lipinski definition) is 5. The summed E-state index contributed by atoms with van der Waals surface area (Å²) in [6, 6.07) is 35.6. The van der Waals surface area contributed by atoms with Gasteiger partial charge in [0.05, 0.1) is 26.8 Å². The van der Waals surface area contributed by atoms with Crippen molar-refractivity contribution in [2.24, 2.45) is 0 Å². The maximum Gasteiger partial charge on any atom is 0.164 e. The van der Waals surface area contributed by atoms with Gasteiger partial charge in [-0.3, -0.25) is 0 Å². The number of nitrogens with zero attached hydrogens (tertiary/aromatic N) is 5. The molecule has 0 spiro atoms. The molecule has 57 heavy (non-hydrogen) atoms. The van der Waals surface area contributed by atoms with E-state index in [-0.39, 0.29) is 5.41 Å². The van der Waals surface area contributed by atoms with Gasteiger partial charge in [0.1, 0.15) is 7.28 Å². The average molecular weight is 756 g/mol. The Morgan fingerprint density at radius 1 is 0.754 bits per heavy atom. The summed E-state index contributed by atoms with van der Waals surface area (Å²) in [5.74, 6) is 4.04. The van der Waals surface area contributed by atoms with Crippen molar-refractivity contribution in [1.82, 2.24) is 24.5 Å². The number of para-hydroxylation sites is 1. The Kier molecular flexibility index (Phi) is 9.26. The third-order valence-corrected chi connectivity index (χ3v) is 12.0. The van der Waals surface area contributed by atoms with Gasteiger partial charge in [0.15, 0.2) is 17.5 Å². The van der Waals surface area contributed by atoms with Gasteiger partial charge in [0.2, 0.25) is 0 Å². The molecular weight excluding hydrogens is 713 g/mol. The van der Waals surface area contributed by atoms with E-state index < -0.39 is 0 Å². The molecule has 5 aromatic carbocycles. The number of aromatic nitrogens is 5. The molecular formula is C50H42BN5S. The molecule has 0 aliphatic heterocycles. The summed E-state index contributed by atoms with van der Waals surface area (Å²) in [6.07, 6.45) is 11.8. The minimum absolute atomic E-state index is 0.0731. The summed E-state index contributed by atoms with van der Waals surface area (Å²) >= 11 is 1.73. The first-order chi connectivity index (χ1) is 27.8. The Balaban J connectivity index is 1.18. The zero-order chi connectivity index (χ0) is 39.3. The van der Waals surface area contributed by atoms with Gasteiger partial charge in [-0.15, -0.1) is 17.3 Å². The second-order valence-electron chi connectivity index (χ2n) is 14.9. The van der Waals surface area contributed by atoms with Crippen LogP contribution >= 0.6 is 11.3 Å². The summed E-state index contributed by atoms with van der Waals surface area (Å²) in [5.41, 5.74) is 16.8. The molecule has 0 saturated heterocycles. The molecule has 3 aromatic heterocycles. The third kappa shape index (κ3) is 6.10. The summed E-state index contributed by atoms with van der Waals surface area (Å²) < 4.78 is 3.62. The minimum atomic E-state index is -0.0731. The van der Waals surface area contributed by atoms with Crippen molar-refractivity contribution < 1.29 is 0 Å². The van der Waals surface area contributed by atoms with E-state index in [1.165, 1.54) is 48.9 Å². The van der Waals surface area contributed by atoms with Crippen molar-refractivity contribution in [2.75, 3.05) is 0 Å². The van der Waals surface area contributed by atoms with Crippen LogP contribution in [0.25, 0.3) is 82.5 Å². The van der Waals surface area contributed by atoms with Crippen LogP contribution in [0.15, 0.2) is 152 Å². The number of rotatable bonds is 9. The molecule has 0 fully saturated rings. The monoisotopic (exact) mass is 755 g/mol. The number of allylic oxidation sites excluding steroid dienone is 8. The first kappa shape index (κ1) is 36.2. The minimum Gasteiger partial charge on any atom is -0.309 e. The second kappa shape index (κ2) is 14.6. The van der Waals surface area contributed by atoms with Crippen LogP contribution in [0.1, 0.15) is 50.5 Å². The molecule has 1 aliphatic carbocycles. The van der Waals surface area contributed by atoms with E-state index in [1.807, 2.05) is 43.7 Å². The quantitative estimate of drug-likeness (QED) is 0.109. The molecule has 0 radical (unpaired) electrons. The van der Waals surface area contributed by atoms with Gasteiger partial charge in [0, 0.05) is 44.1 Å².